The Kier molecular flexibility index (Phi) is 2.89. The lowest BCUT2D eigenvalue weighted by Gasteiger charge is -2.30. The molecule has 1 saturated carbocycles. The minimum Gasteiger partial charge on any atom is -0.489 e. The van der Waals surface area contributed by atoms with E-state index >= 15 is 0 Å². The molecular formula is C14H15NO4. The first kappa shape index (κ1) is 12.0. The van der Waals surface area contributed by atoms with Crippen LogP contribution in [0, 0.1) is 5.92 Å². The van der Waals surface area contributed by atoms with Crippen LogP contribution in [-0.4, -0.2) is 30.1 Å². The Morgan fingerprint density at radius 3 is 2.84 bits per heavy atom. The maximum atomic E-state index is 12.2. The van der Waals surface area contributed by atoms with E-state index in [9.17, 15) is 9.59 Å². The van der Waals surface area contributed by atoms with Gasteiger partial charge in [-0.3, -0.25) is 4.79 Å². The second-order valence-corrected chi connectivity index (χ2v) is 5.00. The first-order valence-corrected chi connectivity index (χ1v) is 6.46. The second kappa shape index (κ2) is 4.57. The average molecular weight is 261 g/mol. The largest absolute Gasteiger partial charge is 0.489 e. The molecule has 2 aliphatic rings. The Morgan fingerprint density at radius 1 is 1.37 bits per heavy atom. The summed E-state index contributed by atoms with van der Waals surface area (Å²) in [5, 5.41) is 9.14. The summed E-state index contributed by atoms with van der Waals surface area (Å²) in [6, 6.07) is 4.89. The maximum absolute atomic E-state index is 12.2. The fraction of sp³-hybridized carbons (Fsp3) is 0.429. The van der Waals surface area contributed by atoms with Crippen LogP contribution >= 0.6 is 0 Å². The number of carboxylic acids is 1. The molecule has 5 heteroatoms. The van der Waals surface area contributed by atoms with Gasteiger partial charge in [0.2, 0.25) is 5.91 Å². The van der Waals surface area contributed by atoms with Crippen molar-refractivity contribution in [2.45, 2.75) is 19.3 Å². The van der Waals surface area contributed by atoms with Gasteiger partial charge in [-0.1, -0.05) is 6.07 Å². The molecule has 0 aromatic heterocycles. The van der Waals surface area contributed by atoms with Crippen LogP contribution in [0.5, 0.6) is 5.75 Å². The number of amides is 1. The van der Waals surface area contributed by atoms with Gasteiger partial charge < -0.3 is 14.7 Å². The van der Waals surface area contributed by atoms with E-state index in [1.165, 1.54) is 6.07 Å². The Morgan fingerprint density at radius 2 is 2.16 bits per heavy atom. The van der Waals surface area contributed by atoms with Crippen molar-refractivity contribution in [1.82, 2.24) is 0 Å². The lowest BCUT2D eigenvalue weighted by Crippen LogP contribution is -2.38. The molecule has 5 nitrogen and oxygen atoms in total. The number of nitrogens with zero attached hydrogens (tertiary/aromatic N) is 1. The molecule has 100 valence electrons. The number of rotatable bonds is 3. The van der Waals surface area contributed by atoms with E-state index in [4.69, 9.17) is 9.84 Å². The molecule has 0 atom stereocenters. The third-order valence-corrected chi connectivity index (χ3v) is 3.54. The summed E-state index contributed by atoms with van der Waals surface area (Å²) in [4.78, 5) is 25.0. The zero-order chi connectivity index (χ0) is 13.4. The highest BCUT2D eigenvalue weighted by atomic mass is 16.5. The minimum absolute atomic E-state index is 0.0644. The van der Waals surface area contributed by atoms with Crippen LogP contribution in [0.25, 0.3) is 0 Å². The minimum atomic E-state index is -1.03. The van der Waals surface area contributed by atoms with Gasteiger partial charge in [-0.15, -0.1) is 0 Å². The number of carbonyl (C=O) groups is 2. The van der Waals surface area contributed by atoms with Crippen LogP contribution in [0.15, 0.2) is 18.2 Å². The summed E-state index contributed by atoms with van der Waals surface area (Å²) >= 11 is 0. The summed E-state index contributed by atoms with van der Waals surface area (Å²) < 4.78 is 5.44. The zero-order valence-electron chi connectivity index (χ0n) is 10.5. The fourth-order valence-corrected chi connectivity index (χ4v) is 2.36. The van der Waals surface area contributed by atoms with E-state index in [0.29, 0.717) is 36.9 Å². The molecule has 1 aliphatic heterocycles. The first-order chi connectivity index (χ1) is 9.16. The van der Waals surface area contributed by atoms with Gasteiger partial charge in [0.1, 0.15) is 12.2 Å². The van der Waals surface area contributed by atoms with Crippen LogP contribution < -0.4 is 9.64 Å². The molecule has 1 amide bonds. The molecule has 1 heterocycles. The number of anilines is 1. The van der Waals surface area contributed by atoms with Crippen LogP contribution in [0.2, 0.25) is 0 Å². The number of carbonyl (C=O) groups excluding carboxylic acids is 1. The normalized spacial score (nSPS) is 17.6. The van der Waals surface area contributed by atoms with E-state index in [1.807, 2.05) is 0 Å². The van der Waals surface area contributed by atoms with Crippen LogP contribution in [0.3, 0.4) is 0 Å². The van der Waals surface area contributed by atoms with Crippen molar-refractivity contribution in [2.75, 3.05) is 18.1 Å². The summed E-state index contributed by atoms with van der Waals surface area (Å²) in [7, 11) is 0. The Labute approximate surface area is 110 Å². The predicted octanol–water partition coefficient (Wildman–Crippen LogP) is 1.91. The smallest absolute Gasteiger partial charge is 0.339 e. The van der Waals surface area contributed by atoms with Gasteiger partial charge in [-0.25, -0.2) is 4.79 Å². The van der Waals surface area contributed by atoms with Crippen molar-refractivity contribution in [3.8, 4) is 5.75 Å². The van der Waals surface area contributed by atoms with E-state index in [1.54, 1.807) is 17.0 Å². The molecule has 0 bridgehead atoms. The van der Waals surface area contributed by atoms with Crippen LogP contribution in [0.4, 0.5) is 5.69 Å². The lowest BCUT2D eigenvalue weighted by atomic mass is 10.1. The summed E-state index contributed by atoms with van der Waals surface area (Å²) in [5.74, 6) is -0.144. The quantitative estimate of drug-likeness (QED) is 0.902. The van der Waals surface area contributed by atoms with Gasteiger partial charge in [-0.2, -0.15) is 0 Å². The molecule has 1 N–H and O–H groups in total. The van der Waals surface area contributed by atoms with E-state index in [2.05, 4.69) is 0 Å². The second-order valence-electron chi connectivity index (χ2n) is 5.00. The topological polar surface area (TPSA) is 66.8 Å². The highest BCUT2D eigenvalue weighted by Gasteiger charge is 2.31. The molecule has 0 unspecified atom stereocenters. The third kappa shape index (κ3) is 2.28. The SMILES string of the molecule is O=C(O)c1cccc2c1OCCN2C(=O)CC1CC1. The number of para-hydroxylation sites is 1. The molecule has 1 aromatic rings. The summed E-state index contributed by atoms with van der Waals surface area (Å²) in [6.07, 6.45) is 2.80. The van der Waals surface area contributed by atoms with Crippen molar-refractivity contribution in [2.24, 2.45) is 5.92 Å². The van der Waals surface area contributed by atoms with Gasteiger partial charge in [0.25, 0.3) is 0 Å². The number of benzene rings is 1. The van der Waals surface area contributed by atoms with Crippen LogP contribution in [-0.2, 0) is 4.79 Å². The van der Waals surface area contributed by atoms with E-state index in [-0.39, 0.29) is 11.5 Å². The summed E-state index contributed by atoms with van der Waals surface area (Å²) in [5.41, 5.74) is 0.693. The molecule has 1 fully saturated rings. The van der Waals surface area contributed by atoms with Gasteiger partial charge >= 0.3 is 5.97 Å². The van der Waals surface area contributed by atoms with Crippen molar-refractivity contribution in [1.29, 1.82) is 0 Å². The molecule has 0 spiro atoms. The van der Waals surface area contributed by atoms with Crippen LogP contribution in [0.1, 0.15) is 29.6 Å². The maximum Gasteiger partial charge on any atom is 0.339 e. The number of fused-ring (bicyclic) bond motifs is 1. The molecule has 1 aromatic carbocycles. The average Bonchev–Trinajstić information content (AvgIpc) is 3.21. The molecular weight excluding hydrogens is 246 g/mol. The third-order valence-electron chi connectivity index (χ3n) is 3.54. The lowest BCUT2D eigenvalue weighted by molar-refractivity contribution is -0.119. The number of ether oxygens (including phenoxy) is 1. The molecule has 0 radical (unpaired) electrons. The Balaban J connectivity index is 1.92. The van der Waals surface area contributed by atoms with Gasteiger partial charge in [0, 0.05) is 6.42 Å². The molecule has 0 saturated heterocycles. The molecule has 1 aliphatic carbocycles. The Bertz CT molecular complexity index is 536. The standard InChI is InChI=1S/C14H15NO4/c16-12(8-9-4-5-9)15-6-7-19-13-10(14(17)18)2-1-3-11(13)15/h1-3,9H,4-8H2,(H,17,18). The number of hydrogen-bond acceptors (Lipinski definition) is 3. The fourth-order valence-electron chi connectivity index (χ4n) is 2.36. The first-order valence-electron chi connectivity index (χ1n) is 6.46. The van der Waals surface area contributed by atoms with Gasteiger partial charge in [0.15, 0.2) is 5.75 Å². The van der Waals surface area contributed by atoms with Gasteiger partial charge in [0.05, 0.1) is 12.2 Å². The van der Waals surface area contributed by atoms with Crippen molar-refractivity contribution < 1.29 is 19.4 Å². The molecule has 3 rings (SSSR count). The predicted molar refractivity (Wildman–Crippen MR) is 68.6 cm³/mol. The van der Waals surface area contributed by atoms with Crippen molar-refractivity contribution >= 4 is 17.6 Å². The monoisotopic (exact) mass is 261 g/mol. The number of hydrogen-bond donors (Lipinski definition) is 1. The van der Waals surface area contributed by atoms with Gasteiger partial charge in [-0.05, 0) is 30.9 Å². The number of carboxylic acid groups (broad SMARTS) is 1. The Hall–Kier alpha value is -2.04. The zero-order valence-corrected chi connectivity index (χ0v) is 10.5. The highest BCUT2D eigenvalue weighted by Crippen LogP contribution is 2.38. The van der Waals surface area contributed by atoms with E-state index in [0.717, 1.165) is 12.8 Å². The highest BCUT2D eigenvalue weighted by molar-refractivity contribution is 6.00. The van der Waals surface area contributed by atoms with Crippen molar-refractivity contribution in [3.63, 3.8) is 0 Å². The summed E-state index contributed by atoms with van der Waals surface area (Å²) in [6.45, 7) is 0.829. The van der Waals surface area contributed by atoms with Crippen molar-refractivity contribution in [3.05, 3.63) is 23.8 Å². The number of aromatic carboxylic acids is 1. The van der Waals surface area contributed by atoms with E-state index < -0.39 is 5.97 Å². The molecule has 19 heavy (non-hydrogen) atoms.